The highest BCUT2D eigenvalue weighted by atomic mass is 16.5. The predicted molar refractivity (Wildman–Crippen MR) is 68.0 cm³/mol. The van der Waals surface area contributed by atoms with Crippen molar-refractivity contribution < 1.29 is 4.74 Å². The van der Waals surface area contributed by atoms with Crippen molar-refractivity contribution in [1.82, 2.24) is 0 Å². The zero-order valence-corrected chi connectivity index (χ0v) is 10.5. The van der Waals surface area contributed by atoms with E-state index in [-0.39, 0.29) is 0 Å². The Morgan fingerprint density at radius 1 is 1.33 bits per heavy atom. The summed E-state index contributed by atoms with van der Waals surface area (Å²) < 4.78 is 5.05. The van der Waals surface area contributed by atoms with Crippen molar-refractivity contribution in [3.8, 4) is 0 Å². The van der Waals surface area contributed by atoms with E-state index in [0.29, 0.717) is 5.92 Å². The molecule has 0 aliphatic rings. The van der Waals surface area contributed by atoms with Gasteiger partial charge >= 0.3 is 0 Å². The molecule has 0 aliphatic heterocycles. The first-order chi connectivity index (χ1) is 7.20. The minimum atomic E-state index is 0.612. The van der Waals surface area contributed by atoms with Gasteiger partial charge in [-0.1, -0.05) is 44.2 Å². The third-order valence-electron chi connectivity index (χ3n) is 2.01. The third kappa shape index (κ3) is 9.48. The largest absolute Gasteiger partial charge is 0.385 e. The Morgan fingerprint density at radius 3 is 2.60 bits per heavy atom. The fraction of sp³-hybridized carbons (Fsp3) is 0.571. The van der Waals surface area contributed by atoms with Gasteiger partial charge in [0.1, 0.15) is 0 Å². The van der Waals surface area contributed by atoms with Gasteiger partial charge in [0, 0.05) is 13.7 Å². The van der Waals surface area contributed by atoms with Crippen molar-refractivity contribution in [2.75, 3.05) is 13.7 Å². The number of rotatable bonds is 7. The van der Waals surface area contributed by atoms with Crippen molar-refractivity contribution in [1.29, 1.82) is 0 Å². The Morgan fingerprint density at radius 2 is 2.07 bits per heavy atom. The first-order valence-electron chi connectivity index (χ1n) is 5.69. The van der Waals surface area contributed by atoms with E-state index in [2.05, 4.69) is 44.2 Å². The Labute approximate surface area is 94.5 Å². The SMILES string of the molecule is C\C=C/C=C(\C=C/C(C)C)CCCOC. The average molecular weight is 208 g/mol. The molecule has 0 aromatic carbocycles. The van der Waals surface area contributed by atoms with E-state index in [1.54, 1.807) is 7.11 Å². The van der Waals surface area contributed by atoms with Gasteiger partial charge in [-0.05, 0) is 31.3 Å². The van der Waals surface area contributed by atoms with Gasteiger partial charge in [-0.25, -0.2) is 0 Å². The molecule has 0 spiro atoms. The molecule has 86 valence electrons. The normalized spacial score (nSPS) is 13.5. The van der Waals surface area contributed by atoms with Gasteiger partial charge in [-0.2, -0.15) is 0 Å². The highest BCUT2D eigenvalue weighted by molar-refractivity contribution is 5.23. The second kappa shape index (κ2) is 9.72. The Kier molecular flexibility index (Phi) is 9.19. The lowest BCUT2D eigenvalue weighted by Gasteiger charge is -2.02. The third-order valence-corrected chi connectivity index (χ3v) is 2.01. The van der Waals surface area contributed by atoms with Gasteiger partial charge in [-0.3, -0.25) is 0 Å². The molecule has 15 heavy (non-hydrogen) atoms. The minimum absolute atomic E-state index is 0.612. The predicted octanol–water partition coefficient (Wildman–Crippen LogP) is 4.13. The molecule has 0 aliphatic carbocycles. The van der Waals surface area contributed by atoms with Crippen LogP contribution in [0.5, 0.6) is 0 Å². The number of methoxy groups -OCH3 is 1. The molecule has 0 heterocycles. The average Bonchev–Trinajstić information content (AvgIpc) is 2.21. The number of allylic oxidation sites excluding steroid dienone is 6. The van der Waals surface area contributed by atoms with Gasteiger partial charge in [0.25, 0.3) is 0 Å². The van der Waals surface area contributed by atoms with E-state index in [1.165, 1.54) is 5.57 Å². The summed E-state index contributed by atoms with van der Waals surface area (Å²) in [5.41, 5.74) is 1.37. The highest BCUT2D eigenvalue weighted by Gasteiger charge is 1.93. The van der Waals surface area contributed by atoms with Gasteiger partial charge in [0.05, 0.1) is 0 Å². The molecule has 0 saturated carbocycles. The van der Waals surface area contributed by atoms with E-state index in [0.717, 1.165) is 19.4 Å². The molecule has 0 rings (SSSR count). The summed E-state index contributed by atoms with van der Waals surface area (Å²) in [6, 6.07) is 0. The summed E-state index contributed by atoms with van der Waals surface area (Å²) >= 11 is 0. The summed E-state index contributed by atoms with van der Waals surface area (Å²) in [5, 5.41) is 0. The standard InChI is InChI=1S/C14H24O/c1-5-6-8-14(9-7-12-15-4)11-10-13(2)3/h5-6,8,10-11,13H,7,9,12H2,1-4H3/b6-5-,11-10-,14-8-. The van der Waals surface area contributed by atoms with Crippen molar-refractivity contribution in [3.05, 3.63) is 36.0 Å². The van der Waals surface area contributed by atoms with Crippen LogP contribution in [-0.2, 0) is 4.74 Å². The maximum Gasteiger partial charge on any atom is 0.0465 e. The van der Waals surface area contributed by atoms with Gasteiger partial charge < -0.3 is 4.74 Å². The van der Waals surface area contributed by atoms with E-state index in [4.69, 9.17) is 4.74 Å². The van der Waals surface area contributed by atoms with Crippen LogP contribution in [0.1, 0.15) is 33.6 Å². The highest BCUT2D eigenvalue weighted by Crippen LogP contribution is 2.09. The summed E-state index contributed by atoms with van der Waals surface area (Å²) in [6.45, 7) is 7.26. The van der Waals surface area contributed by atoms with E-state index in [9.17, 15) is 0 Å². The summed E-state index contributed by atoms with van der Waals surface area (Å²) in [7, 11) is 1.75. The van der Waals surface area contributed by atoms with Crippen LogP contribution in [0.15, 0.2) is 36.0 Å². The molecule has 1 heteroatoms. The van der Waals surface area contributed by atoms with Crippen molar-refractivity contribution in [2.45, 2.75) is 33.6 Å². The van der Waals surface area contributed by atoms with Crippen molar-refractivity contribution >= 4 is 0 Å². The van der Waals surface area contributed by atoms with Gasteiger partial charge in [0.15, 0.2) is 0 Å². The second-order valence-electron chi connectivity index (χ2n) is 3.97. The number of ether oxygens (including phenoxy) is 1. The van der Waals surface area contributed by atoms with E-state index in [1.807, 2.05) is 6.92 Å². The van der Waals surface area contributed by atoms with Crippen LogP contribution in [0.2, 0.25) is 0 Å². The molecule has 0 atom stereocenters. The molecule has 0 unspecified atom stereocenters. The van der Waals surface area contributed by atoms with E-state index >= 15 is 0 Å². The Hall–Kier alpha value is -0.820. The first kappa shape index (κ1) is 14.2. The van der Waals surface area contributed by atoms with Crippen LogP contribution in [-0.4, -0.2) is 13.7 Å². The van der Waals surface area contributed by atoms with Crippen LogP contribution in [0.3, 0.4) is 0 Å². The maximum absolute atomic E-state index is 5.05. The minimum Gasteiger partial charge on any atom is -0.385 e. The molecule has 0 aromatic heterocycles. The zero-order chi connectivity index (χ0) is 11.5. The van der Waals surface area contributed by atoms with Crippen LogP contribution in [0, 0.1) is 5.92 Å². The summed E-state index contributed by atoms with van der Waals surface area (Å²) in [4.78, 5) is 0. The van der Waals surface area contributed by atoms with Crippen LogP contribution in [0.4, 0.5) is 0 Å². The fourth-order valence-electron chi connectivity index (χ4n) is 1.18. The molecule has 0 bridgehead atoms. The van der Waals surface area contributed by atoms with Crippen LogP contribution in [0.25, 0.3) is 0 Å². The Bertz CT molecular complexity index is 221. The lowest BCUT2D eigenvalue weighted by molar-refractivity contribution is 0.195. The zero-order valence-electron chi connectivity index (χ0n) is 10.5. The van der Waals surface area contributed by atoms with Crippen molar-refractivity contribution in [3.63, 3.8) is 0 Å². The molecule has 0 radical (unpaired) electrons. The number of hydrogen-bond donors (Lipinski definition) is 0. The molecule has 0 aromatic rings. The summed E-state index contributed by atoms with van der Waals surface area (Å²) in [6.07, 6.45) is 13.0. The molecule has 0 saturated heterocycles. The lowest BCUT2D eigenvalue weighted by atomic mass is 10.1. The molecular formula is C14H24O. The summed E-state index contributed by atoms with van der Waals surface area (Å²) in [5.74, 6) is 0.612. The topological polar surface area (TPSA) is 9.23 Å². The van der Waals surface area contributed by atoms with Gasteiger partial charge in [0.2, 0.25) is 0 Å². The molecule has 1 nitrogen and oxygen atoms in total. The Balaban J connectivity index is 4.19. The van der Waals surface area contributed by atoms with Gasteiger partial charge in [-0.15, -0.1) is 0 Å². The monoisotopic (exact) mass is 208 g/mol. The maximum atomic E-state index is 5.05. The smallest absolute Gasteiger partial charge is 0.0465 e. The molecule has 0 N–H and O–H groups in total. The van der Waals surface area contributed by atoms with E-state index < -0.39 is 0 Å². The van der Waals surface area contributed by atoms with Crippen LogP contribution < -0.4 is 0 Å². The van der Waals surface area contributed by atoms with Crippen molar-refractivity contribution in [2.24, 2.45) is 5.92 Å². The van der Waals surface area contributed by atoms with Crippen LogP contribution >= 0.6 is 0 Å². The first-order valence-corrected chi connectivity index (χ1v) is 5.69. The molecule has 0 fully saturated rings. The number of hydrogen-bond acceptors (Lipinski definition) is 1. The fourth-order valence-corrected chi connectivity index (χ4v) is 1.18. The quantitative estimate of drug-likeness (QED) is 0.451. The molecular weight excluding hydrogens is 184 g/mol. The lowest BCUT2D eigenvalue weighted by Crippen LogP contribution is -1.90. The molecule has 0 amide bonds. The second-order valence-corrected chi connectivity index (χ2v) is 3.97.